The van der Waals surface area contributed by atoms with E-state index in [4.69, 9.17) is 9.47 Å². The number of carbonyl (C=O) groups excluding carboxylic acids is 1. The van der Waals surface area contributed by atoms with Crippen LogP contribution in [0.5, 0.6) is 11.5 Å². The van der Waals surface area contributed by atoms with Crippen LogP contribution in [-0.4, -0.2) is 24.7 Å². The van der Waals surface area contributed by atoms with Crippen molar-refractivity contribution in [2.24, 2.45) is 0 Å². The van der Waals surface area contributed by atoms with E-state index in [0.29, 0.717) is 17.2 Å². The summed E-state index contributed by atoms with van der Waals surface area (Å²) in [7, 11) is 1.70. The molecule has 0 radical (unpaired) electrons. The summed E-state index contributed by atoms with van der Waals surface area (Å²) in [5.74, 6) is 1.18. The third-order valence-electron chi connectivity index (χ3n) is 2.93. The lowest BCUT2D eigenvalue weighted by molar-refractivity contribution is 0.0988. The highest BCUT2D eigenvalue weighted by molar-refractivity contribution is 6.04. The average molecular weight is 256 g/mol. The highest BCUT2D eigenvalue weighted by Crippen LogP contribution is 2.35. The van der Waals surface area contributed by atoms with Gasteiger partial charge in [0.1, 0.15) is 5.69 Å². The van der Waals surface area contributed by atoms with Crippen molar-refractivity contribution in [2.45, 2.75) is 0 Å². The molecule has 0 unspecified atom stereocenters. The second-order valence-electron chi connectivity index (χ2n) is 4.12. The van der Waals surface area contributed by atoms with Gasteiger partial charge in [0, 0.05) is 25.0 Å². The van der Waals surface area contributed by atoms with Crippen molar-refractivity contribution >= 4 is 11.6 Å². The predicted octanol–water partition coefficient (Wildman–Crippen LogP) is 2.09. The van der Waals surface area contributed by atoms with Crippen LogP contribution >= 0.6 is 0 Å². The third-order valence-corrected chi connectivity index (χ3v) is 2.93. The van der Waals surface area contributed by atoms with Gasteiger partial charge in [0.25, 0.3) is 5.91 Å². The molecule has 0 N–H and O–H groups in total. The van der Waals surface area contributed by atoms with Gasteiger partial charge >= 0.3 is 0 Å². The number of rotatable bonds is 2. The summed E-state index contributed by atoms with van der Waals surface area (Å²) in [4.78, 5) is 17.8. The molecule has 0 bridgehead atoms. The van der Waals surface area contributed by atoms with Crippen LogP contribution in [0.25, 0.3) is 0 Å². The van der Waals surface area contributed by atoms with Crippen LogP contribution in [0, 0.1) is 0 Å². The lowest BCUT2D eigenvalue weighted by atomic mass is 10.2. The quantitative estimate of drug-likeness (QED) is 0.825. The molecule has 1 aliphatic heterocycles. The van der Waals surface area contributed by atoms with Crippen LogP contribution in [0.4, 0.5) is 5.69 Å². The summed E-state index contributed by atoms with van der Waals surface area (Å²) in [5, 5.41) is 0. The van der Waals surface area contributed by atoms with Gasteiger partial charge in [0.2, 0.25) is 6.79 Å². The first-order valence-corrected chi connectivity index (χ1v) is 5.84. The number of hydrogen-bond acceptors (Lipinski definition) is 4. The SMILES string of the molecule is CN(C(=O)c1ccccn1)c1ccc2c(c1)OCO2. The van der Waals surface area contributed by atoms with Gasteiger partial charge in [-0.1, -0.05) is 6.07 Å². The summed E-state index contributed by atoms with van der Waals surface area (Å²) in [6.45, 7) is 0.219. The fraction of sp³-hybridized carbons (Fsp3) is 0.143. The Morgan fingerprint density at radius 1 is 1.21 bits per heavy atom. The smallest absolute Gasteiger partial charge is 0.276 e. The second kappa shape index (κ2) is 4.61. The van der Waals surface area contributed by atoms with Crippen LogP contribution in [-0.2, 0) is 0 Å². The lowest BCUT2D eigenvalue weighted by Gasteiger charge is -2.17. The van der Waals surface area contributed by atoms with Gasteiger partial charge in [-0.05, 0) is 24.3 Å². The number of anilines is 1. The number of benzene rings is 1. The van der Waals surface area contributed by atoms with Crippen LogP contribution in [0.2, 0.25) is 0 Å². The monoisotopic (exact) mass is 256 g/mol. The minimum Gasteiger partial charge on any atom is -0.454 e. The summed E-state index contributed by atoms with van der Waals surface area (Å²) < 4.78 is 10.5. The lowest BCUT2D eigenvalue weighted by Crippen LogP contribution is -2.26. The first-order chi connectivity index (χ1) is 9.25. The van der Waals surface area contributed by atoms with Crippen molar-refractivity contribution in [3.8, 4) is 11.5 Å². The number of hydrogen-bond donors (Lipinski definition) is 0. The van der Waals surface area contributed by atoms with E-state index in [9.17, 15) is 4.79 Å². The summed E-state index contributed by atoms with van der Waals surface area (Å²) in [6.07, 6.45) is 1.60. The van der Waals surface area contributed by atoms with Crippen LogP contribution in [0.1, 0.15) is 10.5 Å². The number of fused-ring (bicyclic) bond motifs is 1. The van der Waals surface area contributed by atoms with E-state index in [-0.39, 0.29) is 12.7 Å². The molecule has 1 amide bonds. The van der Waals surface area contributed by atoms with Crippen LogP contribution in [0.3, 0.4) is 0 Å². The maximum absolute atomic E-state index is 12.2. The molecule has 0 fully saturated rings. The van der Waals surface area contributed by atoms with Gasteiger partial charge in [-0.15, -0.1) is 0 Å². The normalized spacial score (nSPS) is 12.3. The fourth-order valence-electron chi connectivity index (χ4n) is 1.87. The number of nitrogens with zero attached hydrogens (tertiary/aromatic N) is 2. The maximum atomic E-state index is 12.2. The Morgan fingerprint density at radius 3 is 2.84 bits per heavy atom. The van der Waals surface area contributed by atoms with Crippen molar-refractivity contribution in [3.05, 3.63) is 48.3 Å². The zero-order valence-corrected chi connectivity index (χ0v) is 10.4. The molecular weight excluding hydrogens is 244 g/mol. The minimum atomic E-state index is -0.167. The van der Waals surface area contributed by atoms with E-state index in [1.54, 1.807) is 43.6 Å². The maximum Gasteiger partial charge on any atom is 0.276 e. The Bertz CT molecular complexity index is 613. The van der Waals surface area contributed by atoms with E-state index >= 15 is 0 Å². The van der Waals surface area contributed by atoms with Gasteiger partial charge in [-0.3, -0.25) is 9.78 Å². The van der Waals surface area contributed by atoms with Gasteiger partial charge in [-0.2, -0.15) is 0 Å². The molecular formula is C14H12N2O3. The fourth-order valence-corrected chi connectivity index (χ4v) is 1.87. The Labute approximate surface area is 110 Å². The van der Waals surface area contributed by atoms with Gasteiger partial charge in [0.15, 0.2) is 11.5 Å². The highest BCUT2D eigenvalue weighted by atomic mass is 16.7. The van der Waals surface area contributed by atoms with E-state index in [1.165, 1.54) is 4.90 Å². The van der Waals surface area contributed by atoms with Gasteiger partial charge < -0.3 is 14.4 Å². The van der Waals surface area contributed by atoms with Crippen molar-refractivity contribution in [1.29, 1.82) is 0 Å². The number of amides is 1. The summed E-state index contributed by atoms with van der Waals surface area (Å²) in [5.41, 5.74) is 1.14. The molecule has 0 aliphatic carbocycles. The molecule has 0 spiro atoms. The Kier molecular flexibility index (Phi) is 2.79. The Morgan fingerprint density at radius 2 is 2.05 bits per heavy atom. The molecule has 19 heavy (non-hydrogen) atoms. The molecule has 1 aromatic heterocycles. The van der Waals surface area contributed by atoms with Crippen molar-refractivity contribution in [1.82, 2.24) is 4.98 Å². The largest absolute Gasteiger partial charge is 0.454 e. The van der Waals surface area contributed by atoms with Crippen molar-refractivity contribution in [2.75, 3.05) is 18.7 Å². The zero-order valence-electron chi connectivity index (χ0n) is 10.4. The van der Waals surface area contributed by atoms with E-state index in [1.807, 2.05) is 6.07 Å². The Hall–Kier alpha value is -2.56. The molecule has 0 atom stereocenters. The first-order valence-electron chi connectivity index (χ1n) is 5.84. The third kappa shape index (κ3) is 2.10. The minimum absolute atomic E-state index is 0.167. The van der Waals surface area contributed by atoms with E-state index in [2.05, 4.69) is 4.98 Å². The van der Waals surface area contributed by atoms with Gasteiger partial charge in [0.05, 0.1) is 0 Å². The average Bonchev–Trinajstić information content (AvgIpc) is 2.94. The molecule has 5 heteroatoms. The molecule has 2 heterocycles. The topological polar surface area (TPSA) is 51.7 Å². The highest BCUT2D eigenvalue weighted by Gasteiger charge is 2.18. The molecule has 96 valence electrons. The summed E-state index contributed by atoms with van der Waals surface area (Å²) >= 11 is 0. The molecule has 2 aromatic rings. The van der Waals surface area contributed by atoms with Crippen LogP contribution in [0.15, 0.2) is 42.6 Å². The predicted molar refractivity (Wildman–Crippen MR) is 69.5 cm³/mol. The standard InChI is InChI=1S/C14H12N2O3/c1-16(14(17)11-4-2-3-7-15-11)10-5-6-12-13(8-10)19-9-18-12/h2-8H,9H2,1H3. The first kappa shape index (κ1) is 11.5. The van der Waals surface area contributed by atoms with Crippen molar-refractivity contribution in [3.63, 3.8) is 0 Å². The molecule has 3 rings (SSSR count). The Balaban J connectivity index is 1.88. The van der Waals surface area contributed by atoms with Crippen LogP contribution < -0.4 is 14.4 Å². The number of aromatic nitrogens is 1. The number of pyridine rings is 1. The number of ether oxygens (including phenoxy) is 2. The molecule has 5 nitrogen and oxygen atoms in total. The number of carbonyl (C=O) groups is 1. The second-order valence-corrected chi connectivity index (χ2v) is 4.12. The zero-order chi connectivity index (χ0) is 13.2. The molecule has 0 saturated heterocycles. The van der Waals surface area contributed by atoms with E-state index in [0.717, 1.165) is 5.69 Å². The molecule has 1 aliphatic rings. The van der Waals surface area contributed by atoms with Crippen molar-refractivity contribution < 1.29 is 14.3 Å². The van der Waals surface area contributed by atoms with Gasteiger partial charge in [-0.25, -0.2) is 0 Å². The molecule has 1 aromatic carbocycles. The molecule has 0 saturated carbocycles. The van der Waals surface area contributed by atoms with E-state index < -0.39 is 0 Å². The summed E-state index contributed by atoms with van der Waals surface area (Å²) in [6, 6.07) is 10.6.